The minimum atomic E-state index is -3.15. The molecule has 0 aromatic heterocycles. The van der Waals surface area contributed by atoms with E-state index < -0.39 is 33.8 Å². The average Bonchev–Trinajstić information content (AvgIpc) is 3.50. The molecule has 0 radical (unpaired) electrons. The first-order chi connectivity index (χ1) is 17.9. The van der Waals surface area contributed by atoms with Crippen LogP contribution in [0.5, 0.6) is 0 Å². The van der Waals surface area contributed by atoms with Crippen LogP contribution in [0.3, 0.4) is 0 Å². The van der Waals surface area contributed by atoms with Crippen LogP contribution in [0.2, 0.25) is 0 Å². The fourth-order valence-corrected chi connectivity index (χ4v) is 6.80. The molecule has 2 amide bonds. The highest BCUT2D eigenvalue weighted by atomic mass is 32.2. The number of carbonyl (C=O) groups excluding carboxylic acids is 2. The first-order valence-electron chi connectivity index (χ1n) is 13.5. The molecular weight excluding hydrogens is 506 g/mol. The highest BCUT2D eigenvalue weighted by Crippen LogP contribution is 2.33. The number of piperidine rings is 2. The Bertz CT molecular complexity index is 1170. The molecule has 3 aliphatic rings. The fourth-order valence-electron chi connectivity index (χ4n) is 5.67. The Kier molecular flexibility index (Phi) is 8.35. The zero-order chi connectivity index (χ0) is 27.7. The number of ether oxygens (including phenoxy) is 1. The van der Waals surface area contributed by atoms with Crippen molar-refractivity contribution >= 4 is 22.0 Å². The molecule has 4 rings (SSSR count). The normalized spacial score (nSPS) is 25.1. The molecular formula is C27H39N5O5S. The Labute approximate surface area is 225 Å². The highest BCUT2D eigenvalue weighted by molar-refractivity contribution is 7.89. The van der Waals surface area contributed by atoms with Crippen LogP contribution >= 0.6 is 0 Å². The number of nitrogens with one attached hydrogen (secondary N) is 2. The van der Waals surface area contributed by atoms with E-state index in [1.807, 2.05) is 24.3 Å². The second-order valence-electron chi connectivity index (χ2n) is 11.4. The quantitative estimate of drug-likeness (QED) is 0.538. The summed E-state index contributed by atoms with van der Waals surface area (Å²) >= 11 is 0. The van der Waals surface area contributed by atoms with Crippen LogP contribution in [0.1, 0.15) is 70.4 Å². The molecule has 3 fully saturated rings. The topological polar surface area (TPSA) is 132 Å². The van der Waals surface area contributed by atoms with Gasteiger partial charge in [0.2, 0.25) is 15.9 Å². The Morgan fingerprint density at radius 1 is 1.16 bits per heavy atom. The second-order valence-corrected chi connectivity index (χ2v) is 13.7. The van der Waals surface area contributed by atoms with Gasteiger partial charge < -0.3 is 10.1 Å². The van der Waals surface area contributed by atoms with Crippen LogP contribution in [-0.4, -0.2) is 78.4 Å². The van der Waals surface area contributed by atoms with Crippen LogP contribution in [0.4, 0.5) is 4.79 Å². The van der Waals surface area contributed by atoms with Gasteiger partial charge in [-0.05, 0) is 70.4 Å². The highest BCUT2D eigenvalue weighted by Gasteiger charge is 2.52. The molecule has 208 valence electrons. The van der Waals surface area contributed by atoms with E-state index in [1.165, 1.54) is 4.90 Å². The maximum Gasteiger partial charge on any atom is 0.412 e. The minimum Gasteiger partial charge on any atom is -0.444 e. The molecule has 4 unspecified atom stereocenters. The lowest BCUT2D eigenvalue weighted by molar-refractivity contribution is -0.127. The SMILES string of the molecule is CCS(=O)(=O)N1CCC(c2ccc(CC(C#N)NC(=O)C3C4CCC(N4)N3C(=O)OC(C)(C)C)cc2)CC1. The molecule has 38 heavy (non-hydrogen) atoms. The van der Waals surface area contributed by atoms with Crippen molar-refractivity contribution in [1.82, 2.24) is 19.8 Å². The lowest BCUT2D eigenvalue weighted by Gasteiger charge is -2.34. The zero-order valence-corrected chi connectivity index (χ0v) is 23.5. The Morgan fingerprint density at radius 3 is 2.39 bits per heavy atom. The fraction of sp³-hybridized carbons (Fsp3) is 0.667. The van der Waals surface area contributed by atoms with Gasteiger partial charge in [-0.2, -0.15) is 5.26 Å². The third kappa shape index (κ3) is 6.30. The van der Waals surface area contributed by atoms with Crippen LogP contribution in [0.25, 0.3) is 0 Å². The summed E-state index contributed by atoms with van der Waals surface area (Å²) in [5.41, 5.74) is 1.40. The van der Waals surface area contributed by atoms with Gasteiger partial charge in [-0.1, -0.05) is 24.3 Å². The van der Waals surface area contributed by atoms with Crippen molar-refractivity contribution in [3.05, 3.63) is 35.4 Å². The van der Waals surface area contributed by atoms with E-state index in [1.54, 1.807) is 32.0 Å². The first kappa shape index (κ1) is 28.3. The van der Waals surface area contributed by atoms with Gasteiger partial charge in [0.1, 0.15) is 17.7 Å². The van der Waals surface area contributed by atoms with Gasteiger partial charge in [0, 0.05) is 25.6 Å². The molecule has 1 aromatic rings. The smallest absolute Gasteiger partial charge is 0.412 e. The molecule has 4 atom stereocenters. The van der Waals surface area contributed by atoms with Crippen LogP contribution < -0.4 is 10.6 Å². The number of nitrogens with zero attached hydrogens (tertiary/aromatic N) is 3. The maximum atomic E-state index is 13.3. The third-order valence-electron chi connectivity index (χ3n) is 7.62. The van der Waals surface area contributed by atoms with E-state index in [9.17, 15) is 23.3 Å². The third-order valence-corrected chi connectivity index (χ3v) is 9.50. The predicted molar refractivity (Wildman–Crippen MR) is 143 cm³/mol. The summed E-state index contributed by atoms with van der Waals surface area (Å²) in [6.45, 7) is 8.10. The van der Waals surface area contributed by atoms with Crippen molar-refractivity contribution in [3.63, 3.8) is 0 Å². The van der Waals surface area contributed by atoms with Crippen molar-refractivity contribution in [1.29, 1.82) is 5.26 Å². The van der Waals surface area contributed by atoms with E-state index in [2.05, 4.69) is 16.7 Å². The number of rotatable bonds is 7. The lowest BCUT2D eigenvalue weighted by atomic mass is 9.89. The number of sulfonamides is 1. The maximum absolute atomic E-state index is 13.3. The largest absolute Gasteiger partial charge is 0.444 e. The number of fused-ring (bicyclic) bond motifs is 2. The van der Waals surface area contributed by atoms with Crippen LogP contribution in [0.15, 0.2) is 24.3 Å². The van der Waals surface area contributed by atoms with Gasteiger partial charge in [-0.15, -0.1) is 0 Å². The van der Waals surface area contributed by atoms with Crippen molar-refractivity contribution in [2.24, 2.45) is 0 Å². The molecule has 0 aliphatic carbocycles. The van der Waals surface area contributed by atoms with Gasteiger partial charge in [0.05, 0.1) is 18.0 Å². The predicted octanol–water partition coefficient (Wildman–Crippen LogP) is 2.46. The van der Waals surface area contributed by atoms with Crippen LogP contribution in [0, 0.1) is 11.3 Å². The molecule has 11 heteroatoms. The molecule has 3 saturated heterocycles. The molecule has 0 spiro atoms. The number of nitriles is 1. The average molecular weight is 546 g/mol. The van der Waals surface area contributed by atoms with Gasteiger partial charge in [-0.25, -0.2) is 17.5 Å². The summed E-state index contributed by atoms with van der Waals surface area (Å²) in [6, 6.07) is 8.56. The molecule has 1 aromatic carbocycles. The summed E-state index contributed by atoms with van der Waals surface area (Å²) in [4.78, 5) is 27.6. The Balaban J connectivity index is 1.35. The summed E-state index contributed by atoms with van der Waals surface area (Å²) in [5.74, 6) is 0.0657. The molecule has 0 saturated carbocycles. The molecule has 2 N–H and O–H groups in total. The van der Waals surface area contributed by atoms with Crippen molar-refractivity contribution in [2.45, 2.75) is 95.6 Å². The van der Waals surface area contributed by atoms with Crippen molar-refractivity contribution < 1.29 is 22.7 Å². The van der Waals surface area contributed by atoms with E-state index in [4.69, 9.17) is 4.74 Å². The van der Waals surface area contributed by atoms with E-state index in [0.717, 1.165) is 36.8 Å². The number of hydrogen-bond acceptors (Lipinski definition) is 7. The number of carbonyl (C=O) groups is 2. The molecule has 2 bridgehead atoms. The number of benzene rings is 1. The van der Waals surface area contributed by atoms with Gasteiger partial charge in [0.15, 0.2) is 0 Å². The second kappa shape index (κ2) is 11.2. The molecule has 3 heterocycles. The number of hydrogen-bond donors (Lipinski definition) is 2. The van der Waals surface area contributed by atoms with Crippen molar-refractivity contribution in [3.8, 4) is 6.07 Å². The lowest BCUT2D eigenvalue weighted by Crippen LogP contribution is -2.56. The standard InChI is InChI=1S/C27H39N5O5S/c1-5-38(35,36)31-14-12-20(13-15-31)19-8-6-18(7-9-19)16-21(17-28)29-25(33)24-22-10-11-23(30-22)32(24)26(34)37-27(2,3)4/h6-9,20-24,30H,5,10-16H2,1-4H3,(H,29,33). The molecule has 3 aliphatic heterocycles. The summed E-state index contributed by atoms with van der Waals surface area (Å²) in [6.07, 6.45) is 2.67. The Hall–Kier alpha value is -2.68. The van der Waals surface area contributed by atoms with Gasteiger partial charge in [0.25, 0.3) is 0 Å². The Morgan fingerprint density at radius 2 is 1.82 bits per heavy atom. The van der Waals surface area contributed by atoms with E-state index in [-0.39, 0.29) is 23.9 Å². The van der Waals surface area contributed by atoms with Crippen LogP contribution in [-0.2, 0) is 26.0 Å². The summed E-state index contributed by atoms with van der Waals surface area (Å²) in [5, 5.41) is 15.9. The van der Waals surface area contributed by atoms with E-state index in [0.29, 0.717) is 25.4 Å². The van der Waals surface area contributed by atoms with Gasteiger partial charge in [-0.3, -0.25) is 15.0 Å². The first-order valence-corrected chi connectivity index (χ1v) is 15.1. The van der Waals surface area contributed by atoms with E-state index >= 15 is 0 Å². The van der Waals surface area contributed by atoms with Crippen molar-refractivity contribution in [2.75, 3.05) is 18.8 Å². The molecule has 10 nitrogen and oxygen atoms in total. The number of likely N-dealkylation sites (tertiary alicyclic amines) is 1. The monoisotopic (exact) mass is 545 g/mol. The zero-order valence-electron chi connectivity index (χ0n) is 22.6. The van der Waals surface area contributed by atoms with Gasteiger partial charge >= 0.3 is 6.09 Å². The summed E-state index contributed by atoms with van der Waals surface area (Å²) in [7, 11) is -3.15. The minimum absolute atomic E-state index is 0.125. The summed E-state index contributed by atoms with van der Waals surface area (Å²) < 4.78 is 31.4. The number of amides is 2.